The van der Waals surface area contributed by atoms with Gasteiger partial charge in [-0.15, -0.1) is 0 Å². The van der Waals surface area contributed by atoms with Gasteiger partial charge in [-0.1, -0.05) is 55.8 Å². The number of aliphatic imine (C=N–C) groups is 1. The molecule has 2 aromatic carbocycles. The Morgan fingerprint density at radius 2 is 1.64 bits per heavy atom. The zero-order valence-electron chi connectivity index (χ0n) is 16.2. The highest BCUT2D eigenvalue weighted by Crippen LogP contribution is 2.37. The van der Waals surface area contributed by atoms with E-state index in [1.807, 2.05) is 30.6 Å². The first-order valence-corrected chi connectivity index (χ1v) is 9.96. The van der Waals surface area contributed by atoms with Gasteiger partial charge in [-0.25, -0.2) is 0 Å². The normalized spacial score (nSPS) is 13.5. The van der Waals surface area contributed by atoms with Crippen molar-refractivity contribution in [3.05, 3.63) is 95.8 Å². The van der Waals surface area contributed by atoms with E-state index in [1.54, 1.807) is 0 Å². The van der Waals surface area contributed by atoms with E-state index in [-0.39, 0.29) is 0 Å². The molecule has 2 heterocycles. The quantitative estimate of drug-likeness (QED) is 0.516. The fraction of sp³-hybridized carbons (Fsp3) is 0.200. The molecule has 0 fully saturated rings. The summed E-state index contributed by atoms with van der Waals surface area (Å²) in [6.45, 7) is 3.22. The molecule has 3 heteroatoms. The molecule has 3 aromatic rings. The summed E-state index contributed by atoms with van der Waals surface area (Å²) in [4.78, 5) is 9.21. The third kappa shape index (κ3) is 4.04. The Balaban J connectivity index is 1.70. The molecular formula is C25H25N3. The summed E-state index contributed by atoms with van der Waals surface area (Å²) in [6, 6.07) is 23.2. The van der Waals surface area contributed by atoms with Crippen LogP contribution >= 0.6 is 0 Å². The maximum absolute atomic E-state index is 5.04. The van der Waals surface area contributed by atoms with Gasteiger partial charge in [-0.2, -0.15) is 0 Å². The fourth-order valence-corrected chi connectivity index (χ4v) is 3.50. The van der Waals surface area contributed by atoms with Gasteiger partial charge < -0.3 is 5.32 Å². The highest BCUT2D eigenvalue weighted by atomic mass is 14.9. The average Bonchev–Trinajstić information content (AvgIpc) is 3.21. The molecule has 0 aliphatic carbocycles. The summed E-state index contributed by atoms with van der Waals surface area (Å²) in [5.41, 5.74) is 8.12. The second-order valence-electron chi connectivity index (χ2n) is 7.03. The van der Waals surface area contributed by atoms with E-state index in [2.05, 4.69) is 65.8 Å². The molecule has 0 radical (unpaired) electrons. The minimum Gasteiger partial charge on any atom is -0.385 e. The summed E-state index contributed by atoms with van der Waals surface area (Å²) >= 11 is 0. The molecule has 0 unspecified atom stereocenters. The monoisotopic (exact) mass is 367 g/mol. The van der Waals surface area contributed by atoms with Crippen LogP contribution in [0.4, 0.5) is 5.69 Å². The van der Waals surface area contributed by atoms with Crippen LogP contribution in [0.2, 0.25) is 0 Å². The molecule has 0 saturated carbocycles. The lowest BCUT2D eigenvalue weighted by molar-refractivity contribution is 0.834. The van der Waals surface area contributed by atoms with Gasteiger partial charge in [0.05, 0.1) is 11.4 Å². The van der Waals surface area contributed by atoms with E-state index in [9.17, 15) is 0 Å². The van der Waals surface area contributed by atoms with Gasteiger partial charge in [-0.3, -0.25) is 9.98 Å². The molecule has 140 valence electrons. The first-order valence-electron chi connectivity index (χ1n) is 9.96. The molecule has 0 atom stereocenters. The van der Waals surface area contributed by atoms with Gasteiger partial charge in [0.2, 0.25) is 0 Å². The number of pyridine rings is 1. The van der Waals surface area contributed by atoms with Crippen LogP contribution < -0.4 is 5.32 Å². The third-order valence-corrected chi connectivity index (χ3v) is 5.01. The molecule has 1 aromatic heterocycles. The summed E-state index contributed by atoms with van der Waals surface area (Å²) in [7, 11) is 0. The first-order chi connectivity index (χ1) is 13.8. The molecule has 0 spiro atoms. The largest absolute Gasteiger partial charge is 0.385 e. The van der Waals surface area contributed by atoms with E-state index in [0.29, 0.717) is 0 Å². The van der Waals surface area contributed by atoms with Crippen LogP contribution in [0.3, 0.4) is 0 Å². The van der Waals surface area contributed by atoms with Gasteiger partial charge in [0.25, 0.3) is 0 Å². The molecule has 0 amide bonds. The van der Waals surface area contributed by atoms with E-state index in [0.717, 1.165) is 29.9 Å². The predicted octanol–water partition coefficient (Wildman–Crippen LogP) is 6.05. The van der Waals surface area contributed by atoms with Crippen molar-refractivity contribution in [3.63, 3.8) is 0 Å². The molecule has 0 bridgehead atoms. The number of anilines is 1. The number of nitrogens with zero attached hydrogens (tertiary/aromatic N) is 2. The van der Waals surface area contributed by atoms with E-state index in [1.165, 1.54) is 35.2 Å². The van der Waals surface area contributed by atoms with Crippen molar-refractivity contribution in [1.29, 1.82) is 0 Å². The number of nitrogens with one attached hydrogen (secondary N) is 1. The predicted molar refractivity (Wildman–Crippen MR) is 118 cm³/mol. The van der Waals surface area contributed by atoms with Crippen molar-refractivity contribution in [3.8, 4) is 0 Å². The zero-order valence-corrected chi connectivity index (χ0v) is 16.2. The van der Waals surface area contributed by atoms with Gasteiger partial charge in [0, 0.05) is 36.6 Å². The Morgan fingerprint density at radius 3 is 2.43 bits per heavy atom. The number of benzene rings is 2. The molecule has 1 aliphatic rings. The number of hydrogen-bond acceptors (Lipinski definition) is 3. The molecular weight excluding hydrogens is 342 g/mol. The van der Waals surface area contributed by atoms with Crippen molar-refractivity contribution < 1.29 is 0 Å². The number of hydrogen-bond donors (Lipinski definition) is 1. The number of allylic oxidation sites excluding steroid dienone is 1. The van der Waals surface area contributed by atoms with Crippen LogP contribution in [0, 0.1) is 0 Å². The Hall–Kier alpha value is -3.20. The van der Waals surface area contributed by atoms with Crippen molar-refractivity contribution >= 4 is 22.7 Å². The van der Waals surface area contributed by atoms with Gasteiger partial charge in [0.15, 0.2) is 0 Å². The fourth-order valence-electron chi connectivity index (χ4n) is 3.50. The lowest BCUT2D eigenvalue weighted by Crippen LogP contribution is -2.01. The van der Waals surface area contributed by atoms with Crippen molar-refractivity contribution in [1.82, 2.24) is 4.98 Å². The van der Waals surface area contributed by atoms with E-state index >= 15 is 0 Å². The van der Waals surface area contributed by atoms with Crippen LogP contribution in [0.1, 0.15) is 42.9 Å². The van der Waals surface area contributed by atoms with Crippen LogP contribution in [-0.4, -0.2) is 17.2 Å². The lowest BCUT2D eigenvalue weighted by atomic mass is 9.96. The van der Waals surface area contributed by atoms with Crippen molar-refractivity contribution in [2.75, 3.05) is 11.9 Å². The van der Waals surface area contributed by atoms with Gasteiger partial charge >= 0.3 is 0 Å². The molecule has 4 rings (SSSR count). The maximum atomic E-state index is 5.04. The SMILES string of the molecule is CCCCNc1cccc(C2=C(c3ccncc3)N=C(c3ccccc3)C2)c1. The topological polar surface area (TPSA) is 37.3 Å². The number of aromatic nitrogens is 1. The third-order valence-electron chi connectivity index (χ3n) is 5.01. The van der Waals surface area contributed by atoms with Crippen LogP contribution in [0.5, 0.6) is 0 Å². The standard InChI is InChI=1S/C25H25N3/c1-2-3-14-27-22-11-7-10-21(17-22)23-18-24(19-8-5-4-6-9-19)28-25(23)20-12-15-26-16-13-20/h4-13,15-17,27H,2-3,14,18H2,1H3. The highest BCUT2D eigenvalue weighted by Gasteiger charge is 2.21. The molecule has 0 saturated heterocycles. The number of rotatable bonds is 7. The molecule has 28 heavy (non-hydrogen) atoms. The second kappa shape index (κ2) is 8.66. The van der Waals surface area contributed by atoms with E-state index < -0.39 is 0 Å². The van der Waals surface area contributed by atoms with Gasteiger partial charge in [0.1, 0.15) is 0 Å². The first kappa shape index (κ1) is 18.2. The average molecular weight is 367 g/mol. The highest BCUT2D eigenvalue weighted by molar-refractivity contribution is 6.16. The van der Waals surface area contributed by atoms with Crippen molar-refractivity contribution in [2.24, 2.45) is 4.99 Å². The Bertz CT molecular complexity index is 989. The Labute approximate surface area is 166 Å². The maximum Gasteiger partial charge on any atom is 0.0748 e. The van der Waals surface area contributed by atoms with Crippen molar-refractivity contribution in [2.45, 2.75) is 26.2 Å². The van der Waals surface area contributed by atoms with Crippen LogP contribution in [0.25, 0.3) is 11.3 Å². The molecule has 1 aliphatic heterocycles. The van der Waals surface area contributed by atoms with Gasteiger partial charge in [-0.05, 0) is 47.4 Å². The smallest absolute Gasteiger partial charge is 0.0748 e. The summed E-state index contributed by atoms with van der Waals surface area (Å²) in [5.74, 6) is 0. The second-order valence-corrected chi connectivity index (χ2v) is 7.03. The molecule has 1 N–H and O–H groups in total. The summed E-state index contributed by atoms with van der Waals surface area (Å²) < 4.78 is 0. The molecule has 3 nitrogen and oxygen atoms in total. The lowest BCUT2D eigenvalue weighted by Gasteiger charge is -2.10. The minimum absolute atomic E-state index is 0.833. The summed E-state index contributed by atoms with van der Waals surface area (Å²) in [6.07, 6.45) is 6.87. The minimum atomic E-state index is 0.833. The zero-order chi connectivity index (χ0) is 19.2. The summed E-state index contributed by atoms with van der Waals surface area (Å²) in [5, 5.41) is 3.54. The Morgan fingerprint density at radius 1 is 0.857 bits per heavy atom. The van der Waals surface area contributed by atoms with E-state index in [4.69, 9.17) is 4.99 Å². The van der Waals surface area contributed by atoms with Crippen LogP contribution in [0.15, 0.2) is 84.1 Å². The van der Waals surface area contributed by atoms with Crippen LogP contribution in [-0.2, 0) is 0 Å². The number of unbranched alkanes of at least 4 members (excludes halogenated alkanes) is 1. The Kier molecular flexibility index (Phi) is 5.62.